The second-order valence-corrected chi connectivity index (χ2v) is 7.87. The van der Waals surface area contributed by atoms with E-state index in [1.165, 1.54) is 0 Å². The molecule has 0 saturated heterocycles. The molecule has 0 fully saturated rings. The molecule has 0 aliphatic carbocycles. The number of anilines is 1. The molecule has 31 heavy (non-hydrogen) atoms. The molecule has 2 nitrogen and oxygen atoms in total. The molecule has 0 spiro atoms. The van der Waals surface area contributed by atoms with Crippen LogP contribution < -0.4 is 10.4 Å². The SMILES string of the molecule is Fc1cc(-c2ccccc2)ccc1-c1ccccc1N1NC=CC1c1ccc(Cl)cc1. The molecule has 4 aromatic rings. The zero-order valence-corrected chi connectivity index (χ0v) is 17.4. The molecular formula is C27H20ClFN2. The first-order valence-corrected chi connectivity index (χ1v) is 10.5. The van der Waals surface area contributed by atoms with Crippen LogP contribution in [0.5, 0.6) is 0 Å². The number of benzene rings is 4. The van der Waals surface area contributed by atoms with Crippen LogP contribution in [0.25, 0.3) is 22.3 Å². The predicted molar refractivity (Wildman–Crippen MR) is 126 cm³/mol. The molecule has 1 heterocycles. The van der Waals surface area contributed by atoms with Gasteiger partial charge in [-0.05, 0) is 47.0 Å². The predicted octanol–water partition coefficient (Wildman–Crippen LogP) is 7.39. The van der Waals surface area contributed by atoms with E-state index in [0.717, 1.165) is 27.9 Å². The van der Waals surface area contributed by atoms with Crippen LogP contribution in [0.4, 0.5) is 10.1 Å². The number of nitrogens with zero attached hydrogens (tertiary/aromatic N) is 1. The van der Waals surface area contributed by atoms with E-state index in [2.05, 4.69) is 11.5 Å². The Labute approximate surface area is 186 Å². The molecule has 4 aromatic carbocycles. The fourth-order valence-electron chi connectivity index (χ4n) is 3.98. The van der Waals surface area contributed by atoms with Crippen molar-refractivity contribution in [3.05, 3.63) is 126 Å². The third-order valence-corrected chi connectivity index (χ3v) is 5.76. The minimum Gasteiger partial charge on any atom is -0.305 e. The van der Waals surface area contributed by atoms with E-state index in [1.54, 1.807) is 6.07 Å². The Kier molecular flexibility index (Phi) is 5.19. The molecule has 1 aliphatic heterocycles. The zero-order valence-electron chi connectivity index (χ0n) is 16.7. The van der Waals surface area contributed by atoms with Crippen LogP contribution in [0.1, 0.15) is 11.6 Å². The molecule has 1 atom stereocenters. The van der Waals surface area contributed by atoms with Gasteiger partial charge in [0, 0.05) is 22.3 Å². The maximum absolute atomic E-state index is 15.3. The van der Waals surface area contributed by atoms with Gasteiger partial charge in [0.25, 0.3) is 0 Å². The summed E-state index contributed by atoms with van der Waals surface area (Å²) in [6.07, 6.45) is 3.99. The molecule has 5 rings (SSSR count). The minimum absolute atomic E-state index is 0.0231. The van der Waals surface area contributed by atoms with Gasteiger partial charge in [0.2, 0.25) is 0 Å². The summed E-state index contributed by atoms with van der Waals surface area (Å²) in [5.41, 5.74) is 8.55. The molecule has 0 amide bonds. The third kappa shape index (κ3) is 3.80. The van der Waals surface area contributed by atoms with Crippen molar-refractivity contribution < 1.29 is 4.39 Å². The number of hydrogen-bond acceptors (Lipinski definition) is 2. The molecule has 1 unspecified atom stereocenters. The van der Waals surface area contributed by atoms with Crippen molar-refractivity contribution >= 4 is 17.3 Å². The van der Waals surface area contributed by atoms with E-state index in [-0.39, 0.29) is 11.9 Å². The van der Waals surface area contributed by atoms with Crippen molar-refractivity contribution in [1.29, 1.82) is 0 Å². The van der Waals surface area contributed by atoms with Crippen LogP contribution in [0, 0.1) is 5.82 Å². The number of para-hydroxylation sites is 1. The minimum atomic E-state index is -0.246. The Bertz CT molecular complexity index is 1240. The van der Waals surface area contributed by atoms with Crippen LogP contribution in [-0.4, -0.2) is 0 Å². The second kappa shape index (κ2) is 8.29. The van der Waals surface area contributed by atoms with Crippen LogP contribution in [0.3, 0.4) is 0 Å². The number of rotatable bonds is 4. The van der Waals surface area contributed by atoms with E-state index >= 15 is 4.39 Å². The summed E-state index contributed by atoms with van der Waals surface area (Å²) in [4.78, 5) is 0. The monoisotopic (exact) mass is 426 g/mol. The van der Waals surface area contributed by atoms with Crippen LogP contribution in [-0.2, 0) is 0 Å². The van der Waals surface area contributed by atoms with Gasteiger partial charge in [-0.3, -0.25) is 5.01 Å². The topological polar surface area (TPSA) is 15.3 Å². The van der Waals surface area contributed by atoms with E-state index in [4.69, 9.17) is 11.6 Å². The molecule has 0 aromatic heterocycles. The van der Waals surface area contributed by atoms with Crippen molar-refractivity contribution in [3.8, 4) is 22.3 Å². The van der Waals surface area contributed by atoms with Crippen molar-refractivity contribution in [2.24, 2.45) is 0 Å². The number of halogens is 2. The summed E-state index contributed by atoms with van der Waals surface area (Å²) in [6, 6.07) is 30.9. The summed E-state index contributed by atoms with van der Waals surface area (Å²) in [6.45, 7) is 0. The van der Waals surface area contributed by atoms with Gasteiger partial charge in [0.1, 0.15) is 5.82 Å². The summed E-state index contributed by atoms with van der Waals surface area (Å²) >= 11 is 6.06. The number of nitrogens with one attached hydrogen (secondary N) is 1. The van der Waals surface area contributed by atoms with Crippen molar-refractivity contribution in [2.75, 3.05) is 5.01 Å². The fraction of sp³-hybridized carbons (Fsp3) is 0.0370. The van der Waals surface area contributed by atoms with Crippen molar-refractivity contribution in [3.63, 3.8) is 0 Å². The smallest absolute Gasteiger partial charge is 0.131 e. The number of hydrogen-bond donors (Lipinski definition) is 1. The van der Waals surface area contributed by atoms with E-state index < -0.39 is 0 Å². The normalized spacial score (nSPS) is 15.2. The number of hydrazine groups is 1. The second-order valence-electron chi connectivity index (χ2n) is 7.43. The average molecular weight is 427 g/mol. The van der Waals surface area contributed by atoms with Gasteiger partial charge in [0.05, 0.1) is 11.7 Å². The van der Waals surface area contributed by atoms with E-state index in [0.29, 0.717) is 10.6 Å². The third-order valence-electron chi connectivity index (χ3n) is 5.51. The lowest BCUT2D eigenvalue weighted by Crippen LogP contribution is -2.32. The van der Waals surface area contributed by atoms with Crippen molar-refractivity contribution in [1.82, 2.24) is 5.43 Å². The Morgan fingerprint density at radius 2 is 1.48 bits per heavy atom. The Hall–Kier alpha value is -3.56. The Morgan fingerprint density at radius 1 is 0.742 bits per heavy atom. The van der Waals surface area contributed by atoms with Gasteiger partial charge < -0.3 is 5.43 Å². The maximum Gasteiger partial charge on any atom is 0.131 e. The molecule has 0 radical (unpaired) electrons. The molecular weight excluding hydrogens is 407 g/mol. The van der Waals surface area contributed by atoms with Crippen LogP contribution in [0.2, 0.25) is 5.02 Å². The fourth-order valence-corrected chi connectivity index (χ4v) is 4.10. The molecule has 4 heteroatoms. The molecule has 152 valence electrons. The summed E-state index contributed by atoms with van der Waals surface area (Å²) in [7, 11) is 0. The Morgan fingerprint density at radius 3 is 2.26 bits per heavy atom. The lowest BCUT2D eigenvalue weighted by Gasteiger charge is -2.29. The maximum atomic E-state index is 15.3. The zero-order chi connectivity index (χ0) is 21.2. The van der Waals surface area contributed by atoms with Gasteiger partial charge in [0.15, 0.2) is 0 Å². The van der Waals surface area contributed by atoms with Gasteiger partial charge >= 0.3 is 0 Å². The standard InChI is InChI=1S/C27H20ClFN2/c28-22-13-10-20(11-14-22)26-16-17-30-31(26)27-9-5-4-8-24(27)23-15-12-21(18-25(23)29)19-6-2-1-3-7-19/h1-18,26,30H. The molecule has 1 N–H and O–H groups in total. The highest BCUT2D eigenvalue weighted by Crippen LogP contribution is 2.38. The summed E-state index contributed by atoms with van der Waals surface area (Å²) < 4.78 is 15.3. The lowest BCUT2D eigenvalue weighted by molar-refractivity contribution is 0.631. The molecule has 0 bridgehead atoms. The first kappa shape index (κ1) is 19.4. The first-order chi connectivity index (χ1) is 15.2. The average Bonchev–Trinajstić information content (AvgIpc) is 3.30. The van der Waals surface area contributed by atoms with Gasteiger partial charge in [-0.1, -0.05) is 84.4 Å². The Balaban J connectivity index is 1.53. The van der Waals surface area contributed by atoms with Gasteiger partial charge in [-0.2, -0.15) is 0 Å². The molecule has 0 saturated carbocycles. The summed E-state index contributed by atoms with van der Waals surface area (Å²) in [5.74, 6) is -0.246. The largest absolute Gasteiger partial charge is 0.305 e. The van der Waals surface area contributed by atoms with E-state index in [1.807, 2.05) is 102 Å². The van der Waals surface area contributed by atoms with Gasteiger partial charge in [-0.15, -0.1) is 0 Å². The lowest BCUT2D eigenvalue weighted by atomic mass is 9.97. The highest BCUT2D eigenvalue weighted by molar-refractivity contribution is 6.30. The molecule has 1 aliphatic rings. The highest BCUT2D eigenvalue weighted by Gasteiger charge is 2.25. The quantitative estimate of drug-likeness (QED) is 0.366. The van der Waals surface area contributed by atoms with Gasteiger partial charge in [-0.25, -0.2) is 4.39 Å². The highest BCUT2D eigenvalue weighted by atomic mass is 35.5. The summed E-state index contributed by atoms with van der Waals surface area (Å²) in [5, 5.41) is 2.74. The van der Waals surface area contributed by atoms with Crippen molar-refractivity contribution in [2.45, 2.75) is 6.04 Å². The van der Waals surface area contributed by atoms with Crippen LogP contribution in [0.15, 0.2) is 109 Å². The van der Waals surface area contributed by atoms with E-state index in [9.17, 15) is 0 Å². The first-order valence-electron chi connectivity index (χ1n) is 10.1. The van der Waals surface area contributed by atoms with Crippen LogP contribution >= 0.6 is 11.6 Å².